The van der Waals surface area contributed by atoms with Gasteiger partial charge >= 0.3 is 0 Å². The molecule has 3 rings (SSSR count). The number of aliphatic hydroxyl groups is 1. The smallest absolute Gasteiger partial charge is 0.242 e. The van der Waals surface area contributed by atoms with E-state index in [2.05, 4.69) is 5.32 Å². The summed E-state index contributed by atoms with van der Waals surface area (Å²) in [4.78, 5) is 29.4. The molecular weight excluding hydrogens is 551 g/mol. The number of carbonyl (C=O) groups is 2. The quantitative estimate of drug-likeness (QED) is 0.412. The molecule has 3 atom stereocenters. The predicted molar refractivity (Wildman–Crippen MR) is 155 cm³/mol. The maximum Gasteiger partial charge on any atom is 0.242 e. The lowest BCUT2D eigenvalue weighted by atomic mass is 10.0. The first kappa shape index (κ1) is 32.5. The van der Waals surface area contributed by atoms with Crippen LogP contribution in [-0.4, -0.2) is 99.0 Å². The molecule has 2 amide bonds. The number of hydrogen-bond donors (Lipinski definition) is 2. The summed E-state index contributed by atoms with van der Waals surface area (Å²) < 4.78 is 47.4. The molecule has 0 aliphatic carbocycles. The number of benzene rings is 2. The minimum atomic E-state index is -3.95. The van der Waals surface area contributed by atoms with Gasteiger partial charge in [0.2, 0.25) is 21.8 Å². The highest BCUT2D eigenvalue weighted by atomic mass is 32.2. The highest BCUT2D eigenvalue weighted by Gasteiger charge is 2.33. The predicted octanol–water partition coefficient (Wildman–Crippen LogP) is 2.58. The van der Waals surface area contributed by atoms with Crippen LogP contribution < -0.4 is 10.1 Å². The Morgan fingerprint density at radius 1 is 1.20 bits per heavy atom. The number of nitrogens with zero attached hydrogens (tertiary/aromatic N) is 3. The first-order valence-electron chi connectivity index (χ1n) is 13.7. The second-order valence-corrected chi connectivity index (χ2v) is 12.9. The normalized spacial score (nSPS) is 18.8. The van der Waals surface area contributed by atoms with Gasteiger partial charge in [-0.3, -0.25) is 9.59 Å². The van der Waals surface area contributed by atoms with Gasteiger partial charge in [0.15, 0.2) is 0 Å². The van der Waals surface area contributed by atoms with Crippen molar-refractivity contribution >= 4 is 27.5 Å². The van der Waals surface area contributed by atoms with Crippen molar-refractivity contribution in [3.63, 3.8) is 0 Å². The van der Waals surface area contributed by atoms with Crippen molar-refractivity contribution < 1.29 is 32.2 Å². The van der Waals surface area contributed by atoms with Gasteiger partial charge in [-0.15, -0.1) is 0 Å². The second-order valence-electron chi connectivity index (χ2n) is 10.9. The Hall–Kier alpha value is -3.06. The molecule has 0 aromatic heterocycles. The molecule has 0 fully saturated rings. The summed E-state index contributed by atoms with van der Waals surface area (Å²) in [5, 5.41) is 12.7. The molecule has 0 saturated heterocycles. The molecule has 2 aromatic rings. The average Bonchev–Trinajstić information content (AvgIpc) is 2.95. The summed E-state index contributed by atoms with van der Waals surface area (Å²) >= 11 is 0. The van der Waals surface area contributed by atoms with E-state index in [0.29, 0.717) is 29.8 Å². The Balaban J connectivity index is 1.90. The fourth-order valence-corrected chi connectivity index (χ4v) is 5.83. The van der Waals surface area contributed by atoms with Crippen molar-refractivity contribution in [2.75, 3.05) is 52.7 Å². The topological polar surface area (TPSA) is 119 Å². The Morgan fingerprint density at radius 2 is 1.88 bits per heavy atom. The number of sulfonamides is 1. The molecule has 0 spiro atoms. The van der Waals surface area contributed by atoms with Crippen molar-refractivity contribution in [2.45, 2.75) is 50.2 Å². The van der Waals surface area contributed by atoms with Crippen LogP contribution in [0.3, 0.4) is 0 Å². The molecule has 41 heavy (non-hydrogen) atoms. The van der Waals surface area contributed by atoms with Crippen LogP contribution in [0.1, 0.15) is 32.3 Å². The molecule has 2 aromatic carbocycles. The van der Waals surface area contributed by atoms with Crippen LogP contribution in [0.4, 0.5) is 10.1 Å². The lowest BCUT2D eigenvalue weighted by molar-refractivity contribution is -0.134. The minimum absolute atomic E-state index is 0.0207. The maximum atomic E-state index is 13.4. The molecule has 1 aliphatic heterocycles. The van der Waals surface area contributed by atoms with E-state index in [9.17, 15) is 27.5 Å². The molecular formula is C29H41FN4O6S. The zero-order chi connectivity index (χ0) is 30.3. The molecule has 0 unspecified atom stereocenters. The van der Waals surface area contributed by atoms with Gasteiger partial charge in [0.1, 0.15) is 17.7 Å². The van der Waals surface area contributed by atoms with Gasteiger partial charge in [-0.1, -0.05) is 6.92 Å². The average molecular weight is 593 g/mol. The van der Waals surface area contributed by atoms with E-state index in [1.54, 1.807) is 30.0 Å². The van der Waals surface area contributed by atoms with E-state index in [1.807, 2.05) is 25.9 Å². The SMILES string of the molecule is C[C@@H]1CN([C@H](C)CO)C(=O)Cc2cc(NC(=O)CCCN(C)C)ccc2O[C@H]1CN(C)S(=O)(=O)c1ccc(F)cc1. The van der Waals surface area contributed by atoms with Gasteiger partial charge in [-0.05, 0) is 76.4 Å². The number of nitrogens with one attached hydrogen (secondary N) is 1. The molecule has 0 bridgehead atoms. The first-order chi connectivity index (χ1) is 19.3. The number of hydrogen-bond acceptors (Lipinski definition) is 7. The summed E-state index contributed by atoms with van der Waals surface area (Å²) in [5.41, 5.74) is 1.07. The third-order valence-corrected chi connectivity index (χ3v) is 9.01. The van der Waals surface area contributed by atoms with Crippen molar-refractivity contribution in [1.29, 1.82) is 0 Å². The third kappa shape index (κ3) is 8.71. The van der Waals surface area contributed by atoms with Crippen molar-refractivity contribution in [3.05, 3.63) is 53.8 Å². The number of halogens is 1. The van der Waals surface area contributed by atoms with Crippen molar-refractivity contribution in [1.82, 2.24) is 14.1 Å². The lowest BCUT2D eigenvalue weighted by Crippen LogP contribution is -2.48. The number of anilines is 1. The Morgan fingerprint density at radius 3 is 2.51 bits per heavy atom. The standard InChI is InChI=1S/C29H41FN4O6S/c1-20-17-34(21(2)19-35)29(37)16-22-15-24(31-28(36)7-6-14-32(3)4)10-13-26(22)40-27(20)18-33(5)41(38,39)25-11-8-23(30)9-12-25/h8-13,15,20-21,27,35H,6-7,14,16-19H2,1-5H3,(H,31,36)/t20-,21-,27+/m1/s1. The van der Waals surface area contributed by atoms with E-state index >= 15 is 0 Å². The van der Waals surface area contributed by atoms with Crippen LogP contribution in [0.5, 0.6) is 5.75 Å². The summed E-state index contributed by atoms with van der Waals surface area (Å²) in [7, 11) is 1.36. The number of fused-ring (bicyclic) bond motifs is 1. The number of amides is 2. The molecule has 10 nitrogen and oxygen atoms in total. The largest absolute Gasteiger partial charge is 0.488 e. The molecule has 226 valence electrons. The lowest BCUT2D eigenvalue weighted by Gasteiger charge is -2.33. The fraction of sp³-hybridized carbons (Fsp3) is 0.517. The zero-order valence-corrected chi connectivity index (χ0v) is 25.2. The number of rotatable bonds is 11. The van der Waals surface area contributed by atoms with E-state index in [4.69, 9.17) is 4.74 Å². The summed E-state index contributed by atoms with van der Waals surface area (Å²) in [5.74, 6) is -0.807. The Bertz CT molecular complexity index is 1300. The van der Waals surface area contributed by atoms with E-state index in [-0.39, 0.29) is 48.7 Å². The van der Waals surface area contributed by atoms with E-state index in [0.717, 1.165) is 23.0 Å². The summed E-state index contributed by atoms with van der Waals surface area (Å²) in [6.07, 6.45) is 0.362. The van der Waals surface area contributed by atoms with Gasteiger partial charge in [-0.2, -0.15) is 4.31 Å². The van der Waals surface area contributed by atoms with Gasteiger partial charge in [0, 0.05) is 37.2 Å². The Kier molecular flexibility index (Phi) is 11.3. The second kappa shape index (κ2) is 14.2. The fourth-order valence-electron chi connectivity index (χ4n) is 4.64. The zero-order valence-electron chi connectivity index (χ0n) is 24.3. The van der Waals surface area contributed by atoms with Crippen molar-refractivity contribution in [3.8, 4) is 5.75 Å². The van der Waals surface area contributed by atoms with Gasteiger partial charge in [0.25, 0.3) is 0 Å². The van der Waals surface area contributed by atoms with Gasteiger partial charge in [0.05, 0.1) is 30.5 Å². The van der Waals surface area contributed by atoms with Crippen LogP contribution >= 0.6 is 0 Å². The third-order valence-electron chi connectivity index (χ3n) is 7.17. The summed E-state index contributed by atoms with van der Waals surface area (Å²) in [6.45, 7) is 4.34. The Labute approximate surface area is 242 Å². The molecule has 0 saturated carbocycles. The molecule has 1 heterocycles. The summed E-state index contributed by atoms with van der Waals surface area (Å²) in [6, 6.07) is 9.21. The molecule has 2 N–H and O–H groups in total. The number of likely N-dealkylation sites (N-methyl/N-ethyl adjacent to an activating group) is 1. The monoisotopic (exact) mass is 592 g/mol. The molecule has 12 heteroatoms. The van der Waals surface area contributed by atoms with Crippen LogP contribution in [0.25, 0.3) is 0 Å². The van der Waals surface area contributed by atoms with Crippen LogP contribution in [0.15, 0.2) is 47.4 Å². The molecule has 0 radical (unpaired) electrons. The number of aliphatic hydroxyl groups excluding tert-OH is 1. The first-order valence-corrected chi connectivity index (χ1v) is 15.1. The highest BCUT2D eigenvalue weighted by Crippen LogP contribution is 2.30. The van der Waals surface area contributed by atoms with E-state index < -0.39 is 28.0 Å². The highest BCUT2D eigenvalue weighted by molar-refractivity contribution is 7.89. The van der Waals surface area contributed by atoms with Crippen LogP contribution in [0, 0.1) is 11.7 Å². The number of carbonyl (C=O) groups excluding carboxylic acids is 2. The van der Waals surface area contributed by atoms with Gasteiger partial charge in [-0.25, -0.2) is 12.8 Å². The van der Waals surface area contributed by atoms with Crippen molar-refractivity contribution in [2.24, 2.45) is 5.92 Å². The molecule has 1 aliphatic rings. The van der Waals surface area contributed by atoms with E-state index in [1.165, 1.54) is 19.2 Å². The minimum Gasteiger partial charge on any atom is -0.488 e. The van der Waals surface area contributed by atoms with Gasteiger partial charge < -0.3 is 25.0 Å². The van der Waals surface area contributed by atoms with Crippen LogP contribution in [-0.2, 0) is 26.0 Å². The maximum absolute atomic E-state index is 13.4. The van der Waals surface area contributed by atoms with Crippen LogP contribution in [0.2, 0.25) is 0 Å². The number of ether oxygens (including phenoxy) is 1.